The van der Waals surface area contributed by atoms with Crippen LogP contribution in [0.1, 0.15) is 53.4 Å². The van der Waals surface area contributed by atoms with E-state index in [-0.39, 0.29) is 39.0 Å². The van der Waals surface area contributed by atoms with Crippen LogP contribution in [0.15, 0.2) is 12.1 Å². The molecule has 8 nitrogen and oxygen atoms in total. The molecule has 0 radical (unpaired) electrons. The fraction of sp³-hybridized carbons (Fsp3) is 0.636. The summed E-state index contributed by atoms with van der Waals surface area (Å²) in [5, 5.41) is 14.6. The van der Waals surface area contributed by atoms with Crippen molar-refractivity contribution in [3.05, 3.63) is 38.7 Å². The number of halogens is 1. The van der Waals surface area contributed by atoms with E-state index in [1.54, 1.807) is 4.90 Å². The Morgan fingerprint density at radius 1 is 1.39 bits per heavy atom. The normalized spacial score (nSPS) is 25.9. The molecule has 1 heterocycles. The molecule has 1 aliphatic heterocycles. The molecule has 2 fully saturated rings. The molecule has 1 saturated carbocycles. The summed E-state index contributed by atoms with van der Waals surface area (Å²) in [6.07, 6.45) is 3.03. The lowest BCUT2D eigenvalue weighted by Gasteiger charge is -2.43. The van der Waals surface area contributed by atoms with Crippen molar-refractivity contribution >= 4 is 34.8 Å². The van der Waals surface area contributed by atoms with Crippen LogP contribution in [0.5, 0.6) is 0 Å². The molecule has 1 saturated heterocycles. The summed E-state index contributed by atoms with van der Waals surface area (Å²) >= 11 is 6.06. The molecular formula is C22H29ClN4O4. The number of amides is 1. The van der Waals surface area contributed by atoms with E-state index in [1.165, 1.54) is 12.1 Å². The van der Waals surface area contributed by atoms with Crippen LogP contribution in [0.2, 0.25) is 5.02 Å². The van der Waals surface area contributed by atoms with Crippen molar-refractivity contribution in [2.45, 2.75) is 59.0 Å². The number of hydrogen-bond acceptors (Lipinski definition) is 5. The van der Waals surface area contributed by atoms with Gasteiger partial charge in [-0.2, -0.15) is 0 Å². The quantitative estimate of drug-likeness (QED) is 0.337. The van der Waals surface area contributed by atoms with Gasteiger partial charge in [0.05, 0.1) is 18.0 Å². The average molecular weight is 449 g/mol. The van der Waals surface area contributed by atoms with Gasteiger partial charge in [-0.05, 0) is 48.6 Å². The Kier molecular flexibility index (Phi) is 6.12. The van der Waals surface area contributed by atoms with Crippen LogP contribution in [0.4, 0.5) is 21.9 Å². The number of hydrogen-bond donors (Lipinski definition) is 1. The summed E-state index contributed by atoms with van der Waals surface area (Å²) in [5.74, 6) is 0. The zero-order valence-corrected chi connectivity index (χ0v) is 19.2. The molecule has 3 rings (SSSR count). The zero-order chi connectivity index (χ0) is 23.0. The van der Waals surface area contributed by atoms with Crippen molar-refractivity contribution < 1.29 is 14.5 Å². The molecule has 1 spiro atoms. The molecule has 1 amide bonds. The first-order valence-corrected chi connectivity index (χ1v) is 10.8. The van der Waals surface area contributed by atoms with Crippen LogP contribution in [0.3, 0.4) is 0 Å². The van der Waals surface area contributed by atoms with Crippen molar-refractivity contribution in [1.29, 1.82) is 0 Å². The number of carbonyl (C=O) groups is 1. The monoisotopic (exact) mass is 448 g/mol. The van der Waals surface area contributed by atoms with Gasteiger partial charge >= 0.3 is 11.8 Å². The van der Waals surface area contributed by atoms with Crippen LogP contribution in [0, 0.1) is 27.5 Å². The molecule has 9 heteroatoms. The Morgan fingerprint density at radius 2 is 2.10 bits per heavy atom. The molecule has 1 aliphatic carbocycles. The van der Waals surface area contributed by atoms with Gasteiger partial charge in [-0.1, -0.05) is 39.3 Å². The summed E-state index contributed by atoms with van der Waals surface area (Å²) in [4.78, 5) is 28.6. The second-order valence-electron chi connectivity index (χ2n) is 10.4. The third-order valence-electron chi connectivity index (χ3n) is 5.93. The largest absolute Gasteiger partial charge is 0.441 e. The maximum absolute atomic E-state index is 12.5. The van der Waals surface area contributed by atoms with Gasteiger partial charge in [-0.15, -0.1) is 0 Å². The highest BCUT2D eigenvalue weighted by molar-refractivity contribution is 6.33. The number of benzene rings is 1. The minimum Gasteiger partial charge on any atom is -0.441 e. The van der Waals surface area contributed by atoms with E-state index in [9.17, 15) is 14.9 Å². The predicted molar refractivity (Wildman–Crippen MR) is 120 cm³/mol. The standard InChI is InChI=1S/C22H29ClN4O4/c1-20(2,3)13-26-14-22(31-19(26)28)8-6-7-21(4,11-22)12-25-17-10-15(24-5)9-16(23)18(17)27(29)30/h9-10,25H,6-8,11-14H2,1-4H3/t21-,22-/m0/s1. The van der Waals surface area contributed by atoms with Crippen LogP contribution in [-0.4, -0.2) is 41.2 Å². The van der Waals surface area contributed by atoms with E-state index >= 15 is 0 Å². The third kappa shape index (κ3) is 5.21. The highest BCUT2D eigenvalue weighted by Gasteiger charge is 2.51. The van der Waals surface area contributed by atoms with E-state index in [0.29, 0.717) is 26.1 Å². The minimum absolute atomic E-state index is 0.0177. The molecule has 1 N–H and O–H groups in total. The molecule has 2 aliphatic rings. The lowest BCUT2D eigenvalue weighted by molar-refractivity contribution is -0.383. The number of ether oxygens (including phenoxy) is 1. The maximum atomic E-state index is 12.5. The average Bonchev–Trinajstić information content (AvgIpc) is 2.91. The van der Waals surface area contributed by atoms with E-state index in [2.05, 4.69) is 37.9 Å². The Balaban J connectivity index is 1.76. The first-order chi connectivity index (χ1) is 14.4. The molecular weight excluding hydrogens is 420 g/mol. The second kappa shape index (κ2) is 8.19. The fourth-order valence-electron chi connectivity index (χ4n) is 4.83. The van der Waals surface area contributed by atoms with Gasteiger partial charge in [0.2, 0.25) is 0 Å². The molecule has 31 heavy (non-hydrogen) atoms. The number of carbonyl (C=O) groups excluding carboxylic acids is 1. The fourth-order valence-corrected chi connectivity index (χ4v) is 5.11. The van der Waals surface area contributed by atoms with Crippen molar-refractivity contribution in [1.82, 2.24) is 4.90 Å². The van der Waals surface area contributed by atoms with E-state index in [1.807, 2.05) is 0 Å². The summed E-state index contributed by atoms with van der Waals surface area (Å²) < 4.78 is 5.90. The zero-order valence-electron chi connectivity index (χ0n) is 18.5. The molecule has 0 bridgehead atoms. The summed E-state index contributed by atoms with van der Waals surface area (Å²) in [7, 11) is 0. The molecule has 1 aromatic carbocycles. The SMILES string of the molecule is [C-]#[N+]c1cc(Cl)c([N+](=O)[O-])c(NC[C@@]2(C)CCC[C@@]3(CN(CC(C)(C)C)C(=O)O3)C2)c1. The Hall–Kier alpha value is -2.53. The van der Waals surface area contributed by atoms with Crippen LogP contribution in [0.25, 0.3) is 4.85 Å². The van der Waals surface area contributed by atoms with Gasteiger partial charge in [0.25, 0.3) is 0 Å². The number of nitrogens with one attached hydrogen (secondary N) is 1. The molecule has 168 valence electrons. The van der Waals surface area contributed by atoms with E-state index in [0.717, 1.165) is 19.3 Å². The van der Waals surface area contributed by atoms with E-state index < -0.39 is 10.5 Å². The highest BCUT2D eigenvalue weighted by Crippen LogP contribution is 2.47. The van der Waals surface area contributed by atoms with Crippen LogP contribution >= 0.6 is 11.6 Å². The number of nitro benzene ring substituents is 1. The van der Waals surface area contributed by atoms with Gasteiger partial charge in [0.15, 0.2) is 5.69 Å². The maximum Gasteiger partial charge on any atom is 0.410 e. The minimum atomic E-state index is -0.536. The summed E-state index contributed by atoms with van der Waals surface area (Å²) in [6.45, 7) is 17.2. The third-order valence-corrected chi connectivity index (χ3v) is 6.22. The van der Waals surface area contributed by atoms with Gasteiger partial charge in [0.1, 0.15) is 16.3 Å². The first-order valence-electron chi connectivity index (χ1n) is 10.4. The predicted octanol–water partition coefficient (Wildman–Crippen LogP) is 6.03. The Labute approximate surface area is 187 Å². The van der Waals surface area contributed by atoms with Crippen LogP contribution in [-0.2, 0) is 4.74 Å². The van der Waals surface area contributed by atoms with Crippen molar-refractivity contribution in [2.24, 2.45) is 10.8 Å². The van der Waals surface area contributed by atoms with Crippen molar-refractivity contribution in [3.63, 3.8) is 0 Å². The second-order valence-corrected chi connectivity index (χ2v) is 10.8. The lowest BCUT2D eigenvalue weighted by Crippen LogP contribution is -2.46. The highest BCUT2D eigenvalue weighted by atomic mass is 35.5. The van der Waals surface area contributed by atoms with Crippen molar-refractivity contribution in [2.75, 3.05) is 25.0 Å². The molecule has 0 aromatic heterocycles. The number of rotatable bonds is 5. The van der Waals surface area contributed by atoms with Crippen molar-refractivity contribution in [3.8, 4) is 0 Å². The number of anilines is 1. The number of nitro groups is 1. The van der Waals surface area contributed by atoms with Gasteiger partial charge < -0.3 is 15.0 Å². The Bertz CT molecular complexity index is 939. The smallest absolute Gasteiger partial charge is 0.410 e. The van der Waals surface area contributed by atoms with Crippen LogP contribution < -0.4 is 5.32 Å². The number of nitrogens with zero attached hydrogens (tertiary/aromatic N) is 3. The molecule has 1 aromatic rings. The van der Waals surface area contributed by atoms with Gasteiger partial charge in [0, 0.05) is 13.1 Å². The summed E-state index contributed by atoms with van der Waals surface area (Å²) in [5.41, 5.74) is -0.528. The van der Waals surface area contributed by atoms with Gasteiger partial charge in [-0.3, -0.25) is 10.1 Å². The topological polar surface area (TPSA) is 89.1 Å². The summed E-state index contributed by atoms with van der Waals surface area (Å²) in [6, 6.07) is 2.76. The Morgan fingerprint density at radius 3 is 2.71 bits per heavy atom. The van der Waals surface area contributed by atoms with Gasteiger partial charge in [-0.25, -0.2) is 9.64 Å². The first kappa shape index (κ1) is 23.1. The molecule has 2 atom stereocenters. The molecule has 0 unspecified atom stereocenters. The van der Waals surface area contributed by atoms with E-state index in [4.69, 9.17) is 22.9 Å². The lowest BCUT2D eigenvalue weighted by atomic mass is 9.68.